The quantitative estimate of drug-likeness (QED) is 0.227. The molecular formula is C12H15IN5O5P. The molecule has 12 heteroatoms. The maximum absolute atomic E-state index is 11.4. The fraction of sp³-hybridized carbons (Fsp3) is 0.583. The second-order valence-electron chi connectivity index (χ2n) is 6.49. The molecule has 0 amide bonds. The highest BCUT2D eigenvalue weighted by Gasteiger charge is 2.72. The van der Waals surface area contributed by atoms with E-state index in [1.807, 2.05) is 22.6 Å². The van der Waals surface area contributed by atoms with Crippen molar-refractivity contribution in [1.82, 2.24) is 19.5 Å². The summed E-state index contributed by atoms with van der Waals surface area (Å²) in [6.07, 6.45) is -0.922. The van der Waals surface area contributed by atoms with Gasteiger partial charge in [-0.3, -0.25) is 4.57 Å². The molecule has 2 heterocycles. The van der Waals surface area contributed by atoms with Crippen molar-refractivity contribution >= 4 is 47.2 Å². The van der Waals surface area contributed by atoms with Gasteiger partial charge in [0.15, 0.2) is 15.3 Å². The van der Waals surface area contributed by atoms with E-state index >= 15 is 0 Å². The lowest BCUT2D eigenvalue weighted by Crippen LogP contribution is -2.35. The molecule has 2 aromatic rings. The van der Waals surface area contributed by atoms with Gasteiger partial charge in [-0.05, 0) is 12.3 Å². The molecule has 24 heavy (non-hydrogen) atoms. The molecule has 2 fully saturated rings. The lowest BCUT2D eigenvalue weighted by molar-refractivity contribution is -0.0137. The Morgan fingerprint density at radius 1 is 1.42 bits per heavy atom. The van der Waals surface area contributed by atoms with E-state index in [1.54, 1.807) is 4.57 Å². The van der Waals surface area contributed by atoms with Crippen LogP contribution >= 0.6 is 30.2 Å². The van der Waals surface area contributed by atoms with Crippen LogP contribution in [0.15, 0.2) is 6.33 Å². The topological polar surface area (TPSA) is 168 Å². The van der Waals surface area contributed by atoms with Gasteiger partial charge >= 0.3 is 7.60 Å². The number of nitrogens with two attached hydrogens (primary N) is 1. The summed E-state index contributed by atoms with van der Waals surface area (Å²) in [6, 6.07) is -0.568. The molecule has 10 nitrogen and oxygen atoms in total. The molecule has 2 aromatic heterocycles. The number of anilines is 1. The van der Waals surface area contributed by atoms with Crippen molar-refractivity contribution < 1.29 is 24.6 Å². The summed E-state index contributed by atoms with van der Waals surface area (Å²) >= 11 is 1.92. The SMILES string of the molecule is Nc1nc(I)nc2c1ncn2[C@@H]1C2C[C@@]2(CP(=O)(O)O)[C@@H](O)[C@H]1O. The van der Waals surface area contributed by atoms with Gasteiger partial charge in [0.25, 0.3) is 0 Å². The van der Waals surface area contributed by atoms with Crippen molar-refractivity contribution in [1.29, 1.82) is 0 Å². The summed E-state index contributed by atoms with van der Waals surface area (Å²) in [4.78, 5) is 31.1. The van der Waals surface area contributed by atoms with Crippen LogP contribution in [0.5, 0.6) is 0 Å². The Morgan fingerprint density at radius 2 is 2.12 bits per heavy atom. The van der Waals surface area contributed by atoms with Crippen LogP contribution in [0.4, 0.5) is 5.82 Å². The number of rotatable bonds is 3. The number of halogens is 1. The van der Waals surface area contributed by atoms with Crippen molar-refractivity contribution in [3.05, 3.63) is 10.2 Å². The third-order valence-electron chi connectivity index (χ3n) is 5.10. The van der Waals surface area contributed by atoms with Crippen LogP contribution in [-0.2, 0) is 4.57 Å². The third kappa shape index (κ3) is 2.30. The molecule has 2 aliphatic carbocycles. The van der Waals surface area contributed by atoms with Gasteiger partial charge in [0.1, 0.15) is 11.6 Å². The van der Waals surface area contributed by atoms with Crippen molar-refractivity contribution in [2.75, 3.05) is 11.9 Å². The van der Waals surface area contributed by atoms with Crippen molar-refractivity contribution in [2.24, 2.45) is 11.3 Å². The van der Waals surface area contributed by atoms with E-state index in [4.69, 9.17) is 5.73 Å². The average molecular weight is 467 g/mol. The molecule has 0 saturated heterocycles. The zero-order valence-corrected chi connectivity index (χ0v) is 15.2. The van der Waals surface area contributed by atoms with Gasteiger partial charge < -0.3 is 30.3 Å². The molecule has 0 aliphatic heterocycles. The summed E-state index contributed by atoms with van der Waals surface area (Å²) in [5.74, 6) is -0.0464. The van der Waals surface area contributed by atoms with Gasteiger partial charge in [0.05, 0.1) is 24.6 Å². The highest BCUT2D eigenvalue weighted by Crippen LogP contribution is 2.71. The standard InChI is InChI=1S/C12H15IN5O5P/c13-11-16-9(14)5-10(17-11)18(3-15-5)6-4-1-12(4,2-24(21,22)23)8(20)7(6)19/h3-4,6-8,19-20H,1-2H2,(H2,14,16,17)(H2,21,22,23)/t4?,6-,7+,8+,12+/m1/s1. The maximum Gasteiger partial charge on any atom is 0.326 e. The number of hydrogen-bond acceptors (Lipinski definition) is 7. The Morgan fingerprint density at radius 3 is 2.79 bits per heavy atom. The number of fused-ring (bicyclic) bond motifs is 2. The molecule has 4 rings (SSSR count). The average Bonchev–Trinajstić information content (AvgIpc) is 2.90. The molecule has 0 bridgehead atoms. The normalized spacial score (nSPS) is 35.4. The number of nitrogen functional groups attached to an aromatic ring is 1. The highest BCUT2D eigenvalue weighted by atomic mass is 127. The Labute approximate surface area is 149 Å². The van der Waals surface area contributed by atoms with Crippen LogP contribution in [0.25, 0.3) is 11.2 Å². The van der Waals surface area contributed by atoms with Crippen molar-refractivity contribution in [3.63, 3.8) is 0 Å². The highest BCUT2D eigenvalue weighted by molar-refractivity contribution is 14.1. The van der Waals surface area contributed by atoms with Gasteiger partial charge in [0, 0.05) is 28.0 Å². The Kier molecular flexibility index (Phi) is 3.52. The van der Waals surface area contributed by atoms with E-state index in [2.05, 4.69) is 15.0 Å². The third-order valence-corrected chi connectivity index (χ3v) is 6.58. The van der Waals surface area contributed by atoms with Gasteiger partial charge in [-0.25, -0.2) is 15.0 Å². The fourth-order valence-corrected chi connectivity index (χ4v) is 5.87. The number of aliphatic hydroxyl groups is 2. The van der Waals surface area contributed by atoms with Crippen LogP contribution in [0.1, 0.15) is 12.5 Å². The smallest absolute Gasteiger partial charge is 0.326 e. The first-order valence-electron chi connectivity index (χ1n) is 7.20. The first-order valence-corrected chi connectivity index (χ1v) is 10.1. The van der Waals surface area contributed by atoms with Gasteiger partial charge in [-0.2, -0.15) is 0 Å². The minimum absolute atomic E-state index is 0.216. The molecular weight excluding hydrogens is 452 g/mol. The zero-order valence-electron chi connectivity index (χ0n) is 12.2. The van der Waals surface area contributed by atoms with Crippen LogP contribution in [0.2, 0.25) is 0 Å². The first-order chi connectivity index (χ1) is 11.1. The Hall–Kier alpha value is -0.850. The predicted molar refractivity (Wildman–Crippen MR) is 91.0 cm³/mol. The lowest BCUT2D eigenvalue weighted by atomic mass is 10.0. The van der Waals surface area contributed by atoms with Crippen LogP contribution in [0, 0.1) is 15.2 Å². The summed E-state index contributed by atoms with van der Waals surface area (Å²) in [5.41, 5.74) is 5.70. The largest absolute Gasteiger partial charge is 0.390 e. The molecule has 0 aromatic carbocycles. The van der Waals surface area contributed by atoms with Crippen LogP contribution in [-0.4, -0.2) is 57.9 Å². The molecule has 6 N–H and O–H groups in total. The summed E-state index contributed by atoms with van der Waals surface area (Å²) in [6.45, 7) is 0. The van der Waals surface area contributed by atoms with E-state index in [9.17, 15) is 24.6 Å². The number of imidazole rings is 1. The molecule has 130 valence electrons. The molecule has 1 unspecified atom stereocenters. The number of aromatic nitrogens is 4. The minimum Gasteiger partial charge on any atom is -0.390 e. The van der Waals surface area contributed by atoms with Gasteiger partial charge in [0.2, 0.25) is 0 Å². The van der Waals surface area contributed by atoms with Crippen LogP contribution in [0.3, 0.4) is 0 Å². The predicted octanol–water partition coefficient (Wildman–Crippen LogP) is -0.526. The van der Waals surface area contributed by atoms with Gasteiger partial charge in [-0.1, -0.05) is 0 Å². The molecule has 0 spiro atoms. The van der Waals surface area contributed by atoms with Crippen LogP contribution < -0.4 is 5.73 Å². The summed E-state index contributed by atoms with van der Waals surface area (Å²) < 4.78 is 13.5. The lowest BCUT2D eigenvalue weighted by Gasteiger charge is -2.24. The molecule has 0 radical (unpaired) electrons. The van der Waals surface area contributed by atoms with E-state index < -0.39 is 37.4 Å². The number of nitrogens with zero attached hydrogens (tertiary/aromatic N) is 4. The van der Waals surface area contributed by atoms with Crippen molar-refractivity contribution in [3.8, 4) is 0 Å². The number of aliphatic hydroxyl groups excluding tert-OH is 2. The van der Waals surface area contributed by atoms with E-state index in [1.165, 1.54) is 6.33 Å². The number of hydrogen-bond donors (Lipinski definition) is 5. The second-order valence-corrected chi connectivity index (χ2v) is 9.10. The monoisotopic (exact) mass is 467 g/mol. The molecule has 5 atom stereocenters. The first kappa shape index (κ1) is 16.6. The molecule has 2 aliphatic rings. The van der Waals surface area contributed by atoms with E-state index in [0.29, 0.717) is 21.4 Å². The van der Waals surface area contributed by atoms with Crippen molar-refractivity contribution in [2.45, 2.75) is 24.7 Å². The fourth-order valence-electron chi connectivity index (χ4n) is 4.06. The second kappa shape index (κ2) is 5.08. The Balaban J connectivity index is 1.78. The summed E-state index contributed by atoms with van der Waals surface area (Å²) in [7, 11) is -4.31. The Bertz CT molecular complexity index is 886. The van der Waals surface area contributed by atoms with E-state index in [0.717, 1.165) is 0 Å². The maximum atomic E-state index is 11.4. The molecule has 2 saturated carbocycles. The van der Waals surface area contributed by atoms with Gasteiger partial charge in [-0.15, -0.1) is 0 Å². The summed E-state index contributed by atoms with van der Waals surface area (Å²) in [5, 5.41) is 20.8. The van der Waals surface area contributed by atoms with E-state index in [-0.39, 0.29) is 11.7 Å². The minimum atomic E-state index is -4.31. The zero-order chi connectivity index (χ0) is 17.4.